The van der Waals surface area contributed by atoms with Gasteiger partial charge in [0.15, 0.2) is 12.6 Å². The fraction of sp³-hybridized carbons (Fsp3) is 1.00. The summed E-state index contributed by atoms with van der Waals surface area (Å²) in [6, 6.07) is 0. The summed E-state index contributed by atoms with van der Waals surface area (Å²) >= 11 is 0. The number of ether oxygens (including phenoxy) is 4. The zero-order valence-electron chi connectivity index (χ0n) is 12.2. The van der Waals surface area contributed by atoms with Crippen molar-refractivity contribution in [1.29, 1.82) is 0 Å². The topological polar surface area (TPSA) is 77.4 Å². The summed E-state index contributed by atoms with van der Waals surface area (Å²) in [6.07, 6.45) is 1.15. The Morgan fingerprint density at radius 1 is 0.700 bits per heavy atom. The lowest BCUT2D eigenvalue weighted by Gasteiger charge is -2.06. The van der Waals surface area contributed by atoms with Crippen molar-refractivity contribution in [1.82, 2.24) is 0 Å². The summed E-state index contributed by atoms with van der Waals surface area (Å²) in [5, 5.41) is 18.4. The maximum absolute atomic E-state index is 9.19. The van der Waals surface area contributed by atoms with E-state index < -0.39 is 0 Å². The molecule has 4 heterocycles. The molecule has 0 aliphatic carbocycles. The fourth-order valence-electron chi connectivity index (χ4n) is 2.88. The number of hydrogen-bond acceptors (Lipinski definition) is 6. The maximum Gasteiger partial charge on any atom is 0.163 e. The van der Waals surface area contributed by atoms with Crippen LogP contribution in [0.1, 0.15) is 26.7 Å². The third-order valence-electron chi connectivity index (χ3n) is 4.02. The van der Waals surface area contributed by atoms with Gasteiger partial charge in [0, 0.05) is 11.8 Å². The third kappa shape index (κ3) is 3.50. The van der Waals surface area contributed by atoms with Gasteiger partial charge in [-0.15, -0.1) is 0 Å². The van der Waals surface area contributed by atoms with Crippen molar-refractivity contribution >= 4 is 0 Å². The number of rotatable bonds is 0. The molecule has 0 amide bonds. The van der Waals surface area contributed by atoms with Crippen LogP contribution in [0.25, 0.3) is 0 Å². The molecule has 4 rings (SSSR count). The summed E-state index contributed by atoms with van der Waals surface area (Å²) in [5.74, 6) is 0.509. The van der Waals surface area contributed by atoms with Crippen LogP contribution in [0.5, 0.6) is 0 Å². The molecule has 3 unspecified atom stereocenters. The lowest BCUT2D eigenvalue weighted by Crippen LogP contribution is -2.18. The summed E-state index contributed by atoms with van der Waals surface area (Å²) in [6.45, 7) is 6.39. The predicted molar refractivity (Wildman–Crippen MR) is 71.0 cm³/mol. The van der Waals surface area contributed by atoms with E-state index in [-0.39, 0.29) is 36.6 Å². The van der Waals surface area contributed by atoms with Gasteiger partial charge in [0.2, 0.25) is 0 Å². The molecule has 2 N–H and O–H groups in total. The Bertz CT molecular complexity index is 259. The second-order valence-corrected chi connectivity index (χ2v) is 5.18. The lowest BCUT2D eigenvalue weighted by atomic mass is 10.0. The highest BCUT2D eigenvalue weighted by Gasteiger charge is 2.41. The third-order valence-corrected chi connectivity index (χ3v) is 4.02. The molecule has 0 bridgehead atoms. The highest BCUT2D eigenvalue weighted by Crippen LogP contribution is 2.31. The molecule has 6 nitrogen and oxygen atoms in total. The Morgan fingerprint density at radius 3 is 1.45 bits per heavy atom. The highest BCUT2D eigenvalue weighted by molar-refractivity contribution is 4.82. The summed E-state index contributed by atoms with van der Waals surface area (Å²) in [7, 11) is 0. The van der Waals surface area contributed by atoms with Crippen molar-refractivity contribution in [2.75, 3.05) is 26.4 Å². The van der Waals surface area contributed by atoms with Crippen LogP contribution in [-0.4, -0.2) is 61.4 Å². The van der Waals surface area contributed by atoms with Crippen molar-refractivity contribution in [2.24, 2.45) is 11.8 Å². The van der Waals surface area contributed by atoms with Crippen molar-refractivity contribution in [3.63, 3.8) is 0 Å². The Morgan fingerprint density at radius 2 is 1.10 bits per heavy atom. The zero-order chi connectivity index (χ0) is 14.5. The molecule has 6 atom stereocenters. The smallest absolute Gasteiger partial charge is 0.163 e. The summed E-state index contributed by atoms with van der Waals surface area (Å²) < 4.78 is 20.6. The van der Waals surface area contributed by atoms with E-state index in [0.29, 0.717) is 13.2 Å². The molecule has 20 heavy (non-hydrogen) atoms. The predicted octanol–water partition coefficient (Wildman–Crippen LogP) is 0.506. The molecule has 4 aliphatic heterocycles. The number of aliphatic hydroxyl groups is 2. The number of aliphatic hydroxyl groups excluding tert-OH is 2. The SMILES string of the molecule is CC.OC1COC2OCC[C@@H]12.OC1CO[C@H]2OCC[C@@H]12. The molecule has 4 fully saturated rings. The Balaban J connectivity index is 0.000000131. The summed E-state index contributed by atoms with van der Waals surface area (Å²) in [4.78, 5) is 0. The summed E-state index contributed by atoms with van der Waals surface area (Å²) in [5.41, 5.74) is 0. The van der Waals surface area contributed by atoms with Gasteiger partial charge in [-0.25, -0.2) is 0 Å². The van der Waals surface area contributed by atoms with Gasteiger partial charge in [-0.05, 0) is 12.8 Å². The van der Waals surface area contributed by atoms with Gasteiger partial charge in [0.1, 0.15) is 0 Å². The first kappa shape index (κ1) is 16.1. The lowest BCUT2D eigenvalue weighted by molar-refractivity contribution is -0.0909. The van der Waals surface area contributed by atoms with Gasteiger partial charge in [-0.3, -0.25) is 0 Å². The van der Waals surface area contributed by atoms with E-state index in [0.717, 1.165) is 26.1 Å². The van der Waals surface area contributed by atoms with Crippen molar-refractivity contribution in [3.8, 4) is 0 Å². The average molecular weight is 290 g/mol. The fourth-order valence-corrected chi connectivity index (χ4v) is 2.88. The van der Waals surface area contributed by atoms with Crippen LogP contribution in [0.15, 0.2) is 0 Å². The Labute approximate surface area is 120 Å². The first-order valence-corrected chi connectivity index (χ1v) is 7.58. The molecule has 0 aromatic carbocycles. The monoisotopic (exact) mass is 290 g/mol. The van der Waals surface area contributed by atoms with Gasteiger partial charge in [-0.1, -0.05) is 13.8 Å². The van der Waals surface area contributed by atoms with Crippen molar-refractivity contribution < 1.29 is 29.2 Å². The van der Waals surface area contributed by atoms with E-state index >= 15 is 0 Å². The number of hydrogen-bond donors (Lipinski definition) is 2. The highest BCUT2D eigenvalue weighted by atomic mass is 16.7. The van der Waals surface area contributed by atoms with Gasteiger partial charge in [-0.2, -0.15) is 0 Å². The van der Waals surface area contributed by atoms with Gasteiger partial charge >= 0.3 is 0 Å². The number of fused-ring (bicyclic) bond motifs is 2. The van der Waals surface area contributed by atoms with Crippen LogP contribution in [0, 0.1) is 11.8 Å². The van der Waals surface area contributed by atoms with E-state index in [1.165, 1.54) is 0 Å². The van der Waals surface area contributed by atoms with Crippen LogP contribution in [-0.2, 0) is 18.9 Å². The zero-order valence-corrected chi connectivity index (χ0v) is 12.2. The minimum atomic E-state index is -0.280. The molecule has 0 saturated carbocycles. The Hall–Kier alpha value is -0.240. The van der Waals surface area contributed by atoms with E-state index in [1.54, 1.807) is 0 Å². The normalized spacial score (nSPS) is 45.0. The second-order valence-electron chi connectivity index (χ2n) is 5.18. The molecule has 4 aliphatic rings. The maximum atomic E-state index is 9.19. The van der Waals surface area contributed by atoms with E-state index in [4.69, 9.17) is 18.9 Å². The van der Waals surface area contributed by atoms with Crippen LogP contribution in [0.4, 0.5) is 0 Å². The average Bonchev–Trinajstić information content (AvgIpc) is 3.20. The molecule has 6 heteroatoms. The van der Waals surface area contributed by atoms with Gasteiger partial charge < -0.3 is 29.2 Å². The van der Waals surface area contributed by atoms with Gasteiger partial charge in [0.25, 0.3) is 0 Å². The van der Waals surface area contributed by atoms with Crippen LogP contribution < -0.4 is 0 Å². The quantitative estimate of drug-likeness (QED) is 0.677. The molecule has 0 aromatic heterocycles. The standard InChI is InChI=1S/2C6H10O3.C2H6/c2*7-5-3-9-6-4(5)1-2-8-6;1-2/h2*4-7H,1-3H2;1-2H3/t4-,5?,6?;4-,5?,6+;/m00./s1. The minimum Gasteiger partial charge on any atom is -0.390 e. The molecule has 0 radical (unpaired) electrons. The molecular formula is C14H26O6. The van der Waals surface area contributed by atoms with Crippen LogP contribution in [0.3, 0.4) is 0 Å². The van der Waals surface area contributed by atoms with Crippen molar-refractivity contribution in [2.45, 2.75) is 51.5 Å². The van der Waals surface area contributed by atoms with E-state index in [2.05, 4.69) is 0 Å². The first-order valence-electron chi connectivity index (χ1n) is 7.58. The molecule has 118 valence electrons. The molecule has 4 saturated heterocycles. The van der Waals surface area contributed by atoms with E-state index in [1.807, 2.05) is 13.8 Å². The largest absolute Gasteiger partial charge is 0.390 e. The van der Waals surface area contributed by atoms with Gasteiger partial charge in [0.05, 0.1) is 38.6 Å². The second kappa shape index (κ2) is 7.68. The Kier molecular flexibility index (Phi) is 6.20. The van der Waals surface area contributed by atoms with E-state index in [9.17, 15) is 10.2 Å². The molecular weight excluding hydrogens is 264 g/mol. The molecule has 0 spiro atoms. The minimum absolute atomic E-state index is 0.0972. The van der Waals surface area contributed by atoms with Crippen LogP contribution >= 0.6 is 0 Å². The van der Waals surface area contributed by atoms with Crippen molar-refractivity contribution in [3.05, 3.63) is 0 Å². The first-order chi connectivity index (χ1) is 9.75. The molecule has 0 aromatic rings. The van der Waals surface area contributed by atoms with Crippen LogP contribution in [0.2, 0.25) is 0 Å².